The molecule has 0 aliphatic carbocycles. The third-order valence-electron chi connectivity index (χ3n) is 9.72. The number of carbonyl (C=O) groups is 1. The van der Waals surface area contributed by atoms with Crippen molar-refractivity contribution in [2.45, 2.75) is 103 Å². The van der Waals surface area contributed by atoms with Crippen LogP contribution in [0.15, 0.2) is 48.7 Å². The Morgan fingerprint density at radius 2 is 1.80 bits per heavy atom. The molecule has 1 fully saturated rings. The third kappa shape index (κ3) is 7.35. The summed E-state index contributed by atoms with van der Waals surface area (Å²) in [5.41, 5.74) is 0.956. The zero-order valence-electron chi connectivity index (χ0n) is 29.6. The van der Waals surface area contributed by atoms with Crippen LogP contribution >= 0.6 is 0 Å². The highest BCUT2D eigenvalue weighted by atomic mass is 19.3. The largest absolute Gasteiger partial charge is 0.490 e. The molecule has 3 aliphatic rings. The maximum absolute atomic E-state index is 15.1. The third-order valence-corrected chi connectivity index (χ3v) is 9.72. The summed E-state index contributed by atoms with van der Waals surface area (Å²) in [5.74, 6) is -0.692. The molecule has 2 aromatic carbocycles. The number of hydrogen-bond acceptors (Lipinski definition) is 6. The normalized spacial score (nSPS) is 20.9. The average molecular weight is 694 g/mol. The van der Waals surface area contributed by atoms with Crippen molar-refractivity contribution in [2.75, 3.05) is 24.6 Å². The molecule has 0 saturated carbocycles. The highest BCUT2D eigenvalue weighted by Gasteiger charge is 2.39. The van der Waals surface area contributed by atoms with E-state index >= 15 is 8.78 Å². The van der Waals surface area contributed by atoms with E-state index < -0.39 is 35.5 Å². The first-order valence-corrected chi connectivity index (χ1v) is 17.3. The van der Waals surface area contributed by atoms with Gasteiger partial charge in [-0.1, -0.05) is 18.2 Å². The zero-order valence-corrected chi connectivity index (χ0v) is 29.6. The molecule has 0 spiro atoms. The number of aromatic nitrogens is 2. The summed E-state index contributed by atoms with van der Waals surface area (Å²) in [4.78, 5) is 19.8. The first kappa shape index (κ1) is 35.7. The second-order valence-corrected chi connectivity index (χ2v) is 14.8. The van der Waals surface area contributed by atoms with E-state index in [2.05, 4.69) is 11.8 Å². The van der Waals surface area contributed by atoms with E-state index in [0.717, 1.165) is 19.3 Å². The standard InChI is InChI=1S/C39H46F3N3O5/c1-23-10-7-8-19-48-39(6)15-17-44(18-16-39)36-31(33(37(46)47)50-38(3,4)5)24(2)32(34(41)42)35-43-29(22-45(35)36)26-12-9-11-25(20-26)28-21-27(40)13-14-30(28)49-23/h9,11-14,20-23,33-34H,7-8,10,15-19H2,1-6H3,(H,46,47). The molecule has 3 aliphatic heterocycles. The van der Waals surface area contributed by atoms with Crippen LogP contribution in [0.1, 0.15) is 95.9 Å². The Hall–Kier alpha value is -4.09. The van der Waals surface area contributed by atoms with Gasteiger partial charge in [0, 0.05) is 42.6 Å². The molecule has 268 valence electrons. The van der Waals surface area contributed by atoms with Gasteiger partial charge in [-0.15, -0.1) is 0 Å². The molecular formula is C39H46F3N3O5. The monoisotopic (exact) mass is 693 g/mol. The number of aliphatic carboxylic acids is 1. The number of hydrogen-bond donors (Lipinski definition) is 1. The number of halogens is 3. The number of benzene rings is 2. The number of nitrogens with zero attached hydrogens (tertiary/aromatic N) is 3. The Morgan fingerprint density at radius 3 is 2.48 bits per heavy atom. The molecule has 0 radical (unpaired) electrons. The van der Waals surface area contributed by atoms with Crippen molar-refractivity contribution in [2.24, 2.45) is 0 Å². The fourth-order valence-electron chi connectivity index (χ4n) is 7.11. The predicted molar refractivity (Wildman–Crippen MR) is 187 cm³/mol. The number of imidazole rings is 1. The minimum absolute atomic E-state index is 0.0376. The second kappa shape index (κ2) is 13.9. The van der Waals surface area contributed by atoms with E-state index in [1.165, 1.54) is 19.1 Å². The summed E-state index contributed by atoms with van der Waals surface area (Å²) in [5, 5.41) is 10.5. The minimum Gasteiger partial charge on any atom is -0.490 e. The van der Waals surface area contributed by atoms with Crippen molar-refractivity contribution >= 4 is 17.4 Å². The SMILES string of the molecule is Cc1c(C(OC(C)(C)C)C(=O)O)c2n3cc(nc3c1C(F)F)-c1cccc(c1)-c1cc(F)ccc1OC(C)CCCCOC1(C)CCN2CC1. The van der Waals surface area contributed by atoms with E-state index in [1.54, 1.807) is 37.4 Å². The van der Waals surface area contributed by atoms with E-state index in [-0.39, 0.29) is 28.4 Å². The number of alkyl halides is 2. The highest BCUT2D eigenvalue weighted by molar-refractivity contribution is 5.82. The van der Waals surface area contributed by atoms with Crippen LogP contribution in [0.4, 0.5) is 19.0 Å². The maximum atomic E-state index is 15.1. The first-order valence-electron chi connectivity index (χ1n) is 17.3. The van der Waals surface area contributed by atoms with Crippen LogP contribution in [0.25, 0.3) is 28.0 Å². The van der Waals surface area contributed by atoms with Crippen LogP contribution in [-0.2, 0) is 14.3 Å². The van der Waals surface area contributed by atoms with Crippen LogP contribution in [0.3, 0.4) is 0 Å². The quantitative estimate of drug-likeness (QED) is 0.228. The fourth-order valence-corrected chi connectivity index (χ4v) is 7.11. The fraction of sp³-hybridized carbons (Fsp3) is 0.487. The molecule has 11 heteroatoms. The van der Waals surface area contributed by atoms with Crippen LogP contribution in [-0.4, -0.2) is 57.5 Å². The van der Waals surface area contributed by atoms with Crippen LogP contribution < -0.4 is 9.64 Å². The van der Waals surface area contributed by atoms with Gasteiger partial charge < -0.3 is 24.2 Å². The summed E-state index contributed by atoms with van der Waals surface area (Å²) in [6.07, 6.45) is 0.914. The number of pyridine rings is 1. The van der Waals surface area contributed by atoms with Gasteiger partial charge in [-0.05, 0) is 109 Å². The van der Waals surface area contributed by atoms with Crippen LogP contribution in [0, 0.1) is 12.7 Å². The molecule has 4 aromatic rings. The van der Waals surface area contributed by atoms with Gasteiger partial charge in [-0.25, -0.2) is 22.9 Å². The maximum Gasteiger partial charge on any atom is 0.337 e. The van der Waals surface area contributed by atoms with Gasteiger partial charge >= 0.3 is 5.97 Å². The van der Waals surface area contributed by atoms with Crippen molar-refractivity contribution in [3.63, 3.8) is 0 Å². The Labute approximate surface area is 291 Å². The van der Waals surface area contributed by atoms with E-state index in [4.69, 9.17) is 19.2 Å². The van der Waals surface area contributed by atoms with Gasteiger partial charge in [0.1, 0.15) is 23.0 Å². The predicted octanol–water partition coefficient (Wildman–Crippen LogP) is 9.32. The summed E-state index contributed by atoms with van der Waals surface area (Å²) in [6.45, 7) is 12.4. The Kier molecular flexibility index (Phi) is 9.94. The van der Waals surface area contributed by atoms with Gasteiger partial charge in [0.2, 0.25) is 0 Å². The van der Waals surface area contributed by atoms with Gasteiger partial charge in [0.05, 0.1) is 28.6 Å². The molecule has 8 nitrogen and oxygen atoms in total. The number of anilines is 1. The van der Waals surface area contributed by atoms with Crippen LogP contribution in [0.5, 0.6) is 5.75 Å². The number of fused-ring (bicyclic) bond motifs is 8. The van der Waals surface area contributed by atoms with Crippen molar-refractivity contribution in [3.8, 4) is 28.1 Å². The lowest BCUT2D eigenvalue weighted by molar-refractivity contribution is -0.160. The Bertz CT molecular complexity index is 1880. The summed E-state index contributed by atoms with van der Waals surface area (Å²) in [7, 11) is 0. The molecule has 2 atom stereocenters. The second-order valence-electron chi connectivity index (χ2n) is 14.8. The van der Waals surface area contributed by atoms with E-state index in [1.807, 2.05) is 31.2 Å². The topological polar surface area (TPSA) is 85.5 Å². The first-order chi connectivity index (χ1) is 23.6. The van der Waals surface area contributed by atoms with Gasteiger partial charge in [-0.3, -0.25) is 4.40 Å². The molecule has 1 N–H and O–H groups in total. The number of carboxylic acid groups (broad SMARTS) is 1. The average Bonchev–Trinajstić information content (AvgIpc) is 3.48. The number of carboxylic acids is 1. The summed E-state index contributed by atoms with van der Waals surface area (Å²) in [6, 6.07) is 11.8. The highest BCUT2D eigenvalue weighted by Crippen LogP contribution is 2.44. The lowest BCUT2D eigenvalue weighted by Crippen LogP contribution is -2.45. The van der Waals surface area contributed by atoms with Crippen molar-refractivity contribution in [3.05, 3.63) is 71.2 Å². The molecular weight excluding hydrogens is 647 g/mol. The zero-order chi connectivity index (χ0) is 36.0. The molecule has 6 bridgehead atoms. The van der Waals surface area contributed by atoms with Gasteiger partial charge in [0.25, 0.3) is 6.43 Å². The van der Waals surface area contributed by atoms with Gasteiger partial charge in [-0.2, -0.15) is 0 Å². The van der Waals surface area contributed by atoms with E-state index in [9.17, 15) is 14.3 Å². The molecule has 50 heavy (non-hydrogen) atoms. The lowest BCUT2D eigenvalue weighted by atomic mass is 9.91. The smallest absolute Gasteiger partial charge is 0.337 e. The van der Waals surface area contributed by atoms with Crippen molar-refractivity contribution in [1.82, 2.24) is 9.38 Å². The Morgan fingerprint density at radius 1 is 1.08 bits per heavy atom. The molecule has 1 saturated heterocycles. The van der Waals surface area contributed by atoms with Crippen molar-refractivity contribution < 1.29 is 37.3 Å². The van der Waals surface area contributed by atoms with Gasteiger partial charge in [0.15, 0.2) is 6.10 Å². The Balaban J connectivity index is 1.61. The van der Waals surface area contributed by atoms with Crippen LogP contribution in [0.2, 0.25) is 0 Å². The molecule has 2 aromatic heterocycles. The van der Waals surface area contributed by atoms with Crippen molar-refractivity contribution in [1.29, 1.82) is 0 Å². The molecule has 5 heterocycles. The van der Waals surface area contributed by atoms with E-state index in [0.29, 0.717) is 66.5 Å². The summed E-state index contributed by atoms with van der Waals surface area (Å²) < 4.78 is 65.4. The minimum atomic E-state index is -2.95. The number of ether oxygens (including phenoxy) is 3. The molecule has 7 rings (SSSR count). The lowest BCUT2D eigenvalue weighted by Gasteiger charge is -2.42. The number of rotatable bonds is 4. The molecule has 2 unspecified atom stereocenters. The molecule has 0 amide bonds. The number of piperidine rings is 1. The summed E-state index contributed by atoms with van der Waals surface area (Å²) >= 11 is 0.